The first-order valence-corrected chi connectivity index (χ1v) is 9.45. The highest BCUT2D eigenvalue weighted by molar-refractivity contribution is 7.88. The fourth-order valence-electron chi connectivity index (χ4n) is 2.46. The van der Waals surface area contributed by atoms with Crippen molar-refractivity contribution in [2.24, 2.45) is 4.40 Å². The van der Waals surface area contributed by atoms with Crippen molar-refractivity contribution in [3.63, 3.8) is 0 Å². The molecule has 2 aromatic rings. The van der Waals surface area contributed by atoms with Gasteiger partial charge in [-0.15, -0.1) is 4.40 Å². The molecule has 0 fully saturated rings. The minimum Gasteiger partial charge on any atom is -0.452 e. The van der Waals surface area contributed by atoms with E-state index in [-0.39, 0.29) is 23.8 Å². The molecule has 10 heteroatoms. The molecule has 1 aliphatic heterocycles. The molecule has 1 aromatic heterocycles. The van der Waals surface area contributed by atoms with Crippen molar-refractivity contribution in [3.8, 4) is 0 Å². The van der Waals surface area contributed by atoms with Crippen LogP contribution in [0, 0.1) is 6.92 Å². The number of nitrogens with zero attached hydrogens (tertiary/aromatic N) is 4. The number of benzene rings is 1. The third-order valence-corrected chi connectivity index (χ3v) is 5.16. The van der Waals surface area contributed by atoms with Gasteiger partial charge in [0.05, 0.1) is 11.3 Å². The van der Waals surface area contributed by atoms with Crippen LogP contribution in [0.2, 0.25) is 0 Å². The third-order valence-electron chi connectivity index (χ3n) is 3.82. The van der Waals surface area contributed by atoms with Gasteiger partial charge in [0.1, 0.15) is 0 Å². The van der Waals surface area contributed by atoms with Gasteiger partial charge in [0.25, 0.3) is 5.89 Å². The maximum Gasteiger partial charge on any atom is 0.344 e. The predicted molar refractivity (Wildman–Crippen MR) is 96.0 cm³/mol. The van der Waals surface area contributed by atoms with E-state index in [0.29, 0.717) is 12.2 Å². The van der Waals surface area contributed by atoms with E-state index in [4.69, 9.17) is 9.26 Å². The number of esters is 1. The Hall–Kier alpha value is -3.01. The minimum absolute atomic E-state index is 0.0480. The van der Waals surface area contributed by atoms with Crippen LogP contribution >= 0.6 is 0 Å². The van der Waals surface area contributed by atoms with E-state index >= 15 is 0 Å². The number of aryl methyl sites for hydroxylation is 1. The summed E-state index contributed by atoms with van der Waals surface area (Å²) in [5.41, 5.74) is 2.29. The van der Waals surface area contributed by atoms with Crippen LogP contribution in [-0.4, -0.2) is 41.6 Å². The summed E-state index contributed by atoms with van der Waals surface area (Å²) >= 11 is 0. The number of carbonyl (C=O) groups is 1. The molecule has 0 radical (unpaired) electrons. The Morgan fingerprint density at radius 3 is 2.81 bits per heavy atom. The Kier molecular flexibility index (Phi) is 5.08. The highest BCUT2D eigenvalue weighted by atomic mass is 32.2. The van der Waals surface area contributed by atoms with Crippen LogP contribution in [0.25, 0.3) is 0 Å². The highest BCUT2D eigenvalue weighted by Gasteiger charge is 2.26. The molecule has 0 aliphatic carbocycles. The normalized spacial score (nSPS) is 15.9. The van der Waals surface area contributed by atoms with Crippen LogP contribution < -0.4 is 0 Å². The average molecular weight is 390 g/mol. The van der Waals surface area contributed by atoms with Crippen LogP contribution in [0.5, 0.6) is 0 Å². The lowest BCUT2D eigenvalue weighted by Gasteiger charge is -2.18. The van der Waals surface area contributed by atoms with E-state index in [9.17, 15) is 13.2 Å². The Morgan fingerprint density at radius 2 is 2.07 bits per heavy atom. The van der Waals surface area contributed by atoms with Gasteiger partial charge >= 0.3 is 16.2 Å². The van der Waals surface area contributed by atoms with Crippen LogP contribution in [0.15, 0.2) is 45.0 Å². The molecule has 0 spiro atoms. The number of hydrogen-bond donors (Lipinski definition) is 0. The van der Waals surface area contributed by atoms with E-state index in [2.05, 4.69) is 14.5 Å². The average Bonchev–Trinajstić information content (AvgIpc) is 3.03. The first-order chi connectivity index (χ1) is 12.7. The molecule has 1 aromatic carbocycles. The molecule has 9 nitrogen and oxygen atoms in total. The van der Waals surface area contributed by atoms with Gasteiger partial charge in [0.15, 0.2) is 12.4 Å². The van der Waals surface area contributed by atoms with E-state index in [1.165, 1.54) is 14.0 Å². The topological polar surface area (TPSA) is 115 Å². The smallest absolute Gasteiger partial charge is 0.344 e. The Bertz CT molecular complexity index is 1040. The molecule has 0 bridgehead atoms. The maximum atomic E-state index is 12.2. The number of hydrogen-bond acceptors (Lipinski definition) is 7. The maximum absolute atomic E-state index is 12.2. The van der Waals surface area contributed by atoms with Gasteiger partial charge in [-0.25, -0.2) is 4.79 Å². The quantitative estimate of drug-likeness (QED) is 0.711. The SMILES string of the molecule is CC1=NS(=O)(=O)N(C)C=C1C(=O)OCc1nc(Cc2cccc(C)c2)no1. The molecule has 0 amide bonds. The van der Waals surface area contributed by atoms with Crippen molar-refractivity contribution in [1.29, 1.82) is 0 Å². The number of aromatic nitrogens is 2. The van der Waals surface area contributed by atoms with E-state index in [1.807, 2.05) is 31.2 Å². The van der Waals surface area contributed by atoms with Crippen molar-refractivity contribution < 1.29 is 22.5 Å². The number of ether oxygens (including phenoxy) is 1. The zero-order valence-electron chi connectivity index (χ0n) is 15.0. The predicted octanol–water partition coefficient (Wildman–Crippen LogP) is 1.55. The van der Waals surface area contributed by atoms with Crippen LogP contribution in [0.4, 0.5) is 0 Å². The molecule has 2 heterocycles. The number of rotatable bonds is 5. The number of carbonyl (C=O) groups excluding carboxylic acids is 1. The van der Waals surface area contributed by atoms with Gasteiger partial charge in [0.2, 0.25) is 0 Å². The second kappa shape index (κ2) is 7.31. The zero-order chi connectivity index (χ0) is 19.6. The second-order valence-corrected chi connectivity index (χ2v) is 7.71. The van der Waals surface area contributed by atoms with Crippen LogP contribution in [0.1, 0.15) is 29.8 Å². The fourth-order valence-corrected chi connectivity index (χ4v) is 3.27. The summed E-state index contributed by atoms with van der Waals surface area (Å²) in [6.07, 6.45) is 1.66. The van der Waals surface area contributed by atoms with Crippen LogP contribution in [-0.2, 0) is 32.8 Å². The standard InChI is InChI=1S/C17H18N4O5S/c1-11-5-4-6-13(7-11)8-15-18-16(26-19-15)10-25-17(22)14-9-21(3)27(23,24)20-12(14)2/h4-7,9H,8,10H2,1-3H3. The Balaban J connectivity index is 1.62. The lowest BCUT2D eigenvalue weighted by molar-refractivity contribution is -0.140. The van der Waals surface area contributed by atoms with Gasteiger partial charge in [-0.05, 0) is 19.4 Å². The molecule has 0 N–H and O–H groups in total. The van der Waals surface area contributed by atoms with E-state index < -0.39 is 16.2 Å². The lowest BCUT2D eigenvalue weighted by Crippen LogP contribution is -2.29. The summed E-state index contributed by atoms with van der Waals surface area (Å²) in [7, 11) is -2.49. The van der Waals surface area contributed by atoms with E-state index in [1.54, 1.807) is 0 Å². The summed E-state index contributed by atoms with van der Waals surface area (Å²) in [5, 5.41) is 3.87. The van der Waals surface area contributed by atoms with Gasteiger partial charge in [-0.2, -0.15) is 13.4 Å². The van der Waals surface area contributed by atoms with Gasteiger partial charge in [-0.3, -0.25) is 4.31 Å². The summed E-state index contributed by atoms with van der Waals surface area (Å²) < 4.78 is 37.8. The van der Waals surface area contributed by atoms with Crippen molar-refractivity contribution in [1.82, 2.24) is 14.4 Å². The Morgan fingerprint density at radius 1 is 1.30 bits per heavy atom. The fraction of sp³-hybridized carbons (Fsp3) is 0.294. The highest BCUT2D eigenvalue weighted by Crippen LogP contribution is 2.16. The molecule has 0 saturated heterocycles. The first-order valence-electron chi connectivity index (χ1n) is 8.05. The summed E-state index contributed by atoms with van der Waals surface area (Å²) in [6, 6.07) is 7.94. The first kappa shape index (κ1) is 18.8. The van der Waals surface area contributed by atoms with Crippen molar-refractivity contribution in [2.45, 2.75) is 26.9 Å². The Labute approximate surface area is 156 Å². The summed E-state index contributed by atoms with van der Waals surface area (Å²) in [4.78, 5) is 16.4. The summed E-state index contributed by atoms with van der Waals surface area (Å²) in [6.45, 7) is 3.20. The van der Waals surface area contributed by atoms with Gasteiger partial charge in [0, 0.05) is 19.7 Å². The summed E-state index contributed by atoms with van der Waals surface area (Å²) in [5.74, 6) is -0.0958. The van der Waals surface area contributed by atoms with Crippen molar-refractivity contribution in [2.75, 3.05) is 7.05 Å². The molecule has 0 unspecified atom stereocenters. The zero-order valence-corrected chi connectivity index (χ0v) is 15.9. The molecule has 27 heavy (non-hydrogen) atoms. The van der Waals surface area contributed by atoms with Crippen molar-refractivity contribution >= 4 is 21.9 Å². The molecule has 1 aliphatic rings. The monoisotopic (exact) mass is 390 g/mol. The second-order valence-electron chi connectivity index (χ2n) is 6.06. The van der Waals surface area contributed by atoms with Gasteiger partial charge in [-0.1, -0.05) is 35.0 Å². The van der Waals surface area contributed by atoms with E-state index in [0.717, 1.165) is 21.6 Å². The third kappa shape index (κ3) is 4.40. The lowest BCUT2D eigenvalue weighted by atomic mass is 10.1. The minimum atomic E-state index is -3.78. The van der Waals surface area contributed by atoms with Crippen molar-refractivity contribution in [3.05, 3.63) is 58.9 Å². The van der Waals surface area contributed by atoms with Crippen LogP contribution in [0.3, 0.4) is 0 Å². The molecule has 0 atom stereocenters. The molecule has 0 saturated carbocycles. The molecular weight excluding hydrogens is 372 g/mol. The molecule has 142 valence electrons. The largest absolute Gasteiger partial charge is 0.452 e. The van der Waals surface area contributed by atoms with Gasteiger partial charge < -0.3 is 9.26 Å². The molecule has 3 rings (SSSR count). The molecular formula is C17H18N4O5S.